The molecule has 1 unspecified atom stereocenters. The van der Waals surface area contributed by atoms with Crippen molar-refractivity contribution in [2.75, 3.05) is 0 Å². The van der Waals surface area contributed by atoms with E-state index in [1.165, 1.54) is 13.8 Å². The zero-order valence-electron chi connectivity index (χ0n) is 6.57. The number of alkyl halides is 3. The van der Waals surface area contributed by atoms with E-state index in [1.54, 1.807) is 0 Å². The molecule has 0 amide bonds. The minimum atomic E-state index is -4.26. The highest BCUT2D eigenvalue weighted by molar-refractivity contribution is 4.99. The van der Waals surface area contributed by atoms with Crippen molar-refractivity contribution in [2.45, 2.75) is 20.0 Å². The fraction of sp³-hybridized carbons (Fsp3) is 0.714. The average Bonchev–Trinajstić information content (AvgIpc) is 1.54. The number of allylic oxidation sites excluding steroid dienone is 1. The van der Waals surface area contributed by atoms with Crippen molar-refractivity contribution >= 4 is 0 Å². The second-order valence-electron chi connectivity index (χ2n) is 2.84. The minimum Gasteiger partial charge on any atom is -0.402 e. The zero-order valence-corrected chi connectivity index (χ0v) is 6.57. The first-order chi connectivity index (χ1) is 4.76. The third-order valence-corrected chi connectivity index (χ3v) is 1.42. The Balaban J connectivity index is 4.49. The molecule has 0 saturated heterocycles. The largest absolute Gasteiger partial charge is 0.402 e. The first-order valence-corrected chi connectivity index (χ1v) is 3.27. The highest BCUT2D eigenvalue weighted by atomic mass is 19.4. The molecule has 0 spiro atoms. The molecular formula is C7H12F3N. The molecular weight excluding hydrogens is 155 g/mol. The van der Waals surface area contributed by atoms with Gasteiger partial charge in [0.05, 0.1) is 5.92 Å². The Labute approximate surface area is 64.1 Å². The molecule has 0 aliphatic heterocycles. The summed E-state index contributed by atoms with van der Waals surface area (Å²) in [5.41, 5.74) is 4.70. The van der Waals surface area contributed by atoms with Gasteiger partial charge in [0.25, 0.3) is 0 Å². The lowest BCUT2D eigenvalue weighted by molar-refractivity contribution is -0.174. The van der Waals surface area contributed by atoms with Crippen LogP contribution in [0, 0.1) is 11.8 Å². The van der Waals surface area contributed by atoms with Crippen molar-refractivity contribution < 1.29 is 13.2 Å². The van der Waals surface area contributed by atoms with Gasteiger partial charge in [0.1, 0.15) is 0 Å². The molecule has 0 heterocycles. The number of hydrogen-bond donors (Lipinski definition) is 1. The number of halogens is 3. The maximum absolute atomic E-state index is 12.1. The van der Waals surface area contributed by atoms with Crippen LogP contribution in [0.3, 0.4) is 0 Å². The average molecular weight is 167 g/mol. The summed E-state index contributed by atoms with van der Waals surface area (Å²) in [5, 5.41) is 0. The molecule has 0 radical (unpaired) electrons. The maximum Gasteiger partial charge on any atom is 0.397 e. The van der Waals surface area contributed by atoms with Crippen LogP contribution in [0.25, 0.3) is 0 Å². The quantitative estimate of drug-likeness (QED) is 0.670. The lowest BCUT2D eigenvalue weighted by atomic mass is 9.93. The summed E-state index contributed by atoms with van der Waals surface area (Å²) in [6, 6.07) is 0. The molecule has 66 valence electrons. The number of nitrogens with two attached hydrogens (primary N) is 1. The molecule has 0 saturated carbocycles. The van der Waals surface area contributed by atoms with E-state index in [0.29, 0.717) is 0 Å². The predicted molar refractivity (Wildman–Crippen MR) is 37.7 cm³/mol. The summed E-state index contributed by atoms with van der Waals surface area (Å²) < 4.78 is 36.2. The molecule has 1 nitrogen and oxygen atoms in total. The van der Waals surface area contributed by atoms with Crippen molar-refractivity contribution in [3.8, 4) is 0 Å². The Morgan fingerprint density at radius 3 is 1.73 bits per heavy atom. The normalized spacial score (nSPS) is 15.1. The Morgan fingerprint density at radius 2 is 1.73 bits per heavy atom. The molecule has 0 bridgehead atoms. The van der Waals surface area contributed by atoms with E-state index in [0.717, 1.165) is 0 Å². The van der Waals surface area contributed by atoms with Gasteiger partial charge in [-0.15, -0.1) is 0 Å². The van der Waals surface area contributed by atoms with Crippen LogP contribution in [0.1, 0.15) is 13.8 Å². The third kappa shape index (κ3) is 2.82. The fourth-order valence-electron chi connectivity index (χ4n) is 1.02. The summed E-state index contributed by atoms with van der Waals surface area (Å²) in [4.78, 5) is 0. The Hall–Kier alpha value is -0.670. The van der Waals surface area contributed by atoms with Crippen molar-refractivity contribution in [3.05, 3.63) is 12.3 Å². The van der Waals surface area contributed by atoms with Gasteiger partial charge in [0, 0.05) is 5.70 Å². The monoisotopic (exact) mass is 167 g/mol. The molecule has 0 aliphatic rings. The van der Waals surface area contributed by atoms with E-state index >= 15 is 0 Å². The van der Waals surface area contributed by atoms with Crippen LogP contribution in [0.15, 0.2) is 12.3 Å². The minimum absolute atomic E-state index is 0.312. The molecule has 0 aliphatic carbocycles. The van der Waals surface area contributed by atoms with Crippen LogP contribution in [0.4, 0.5) is 13.2 Å². The van der Waals surface area contributed by atoms with Gasteiger partial charge < -0.3 is 5.73 Å². The van der Waals surface area contributed by atoms with Gasteiger partial charge in [0.2, 0.25) is 0 Å². The molecule has 0 rings (SSSR count). The lowest BCUT2D eigenvalue weighted by Gasteiger charge is -2.23. The summed E-state index contributed by atoms with van der Waals surface area (Å²) in [7, 11) is 0. The van der Waals surface area contributed by atoms with Crippen molar-refractivity contribution in [2.24, 2.45) is 17.6 Å². The van der Waals surface area contributed by atoms with E-state index in [9.17, 15) is 13.2 Å². The van der Waals surface area contributed by atoms with Crippen molar-refractivity contribution in [3.63, 3.8) is 0 Å². The standard InChI is InChI=1S/C7H12F3N/c1-4(2)6(5(3)11)7(8,9)10/h4,6H,3,11H2,1-2H3. The van der Waals surface area contributed by atoms with Gasteiger partial charge >= 0.3 is 6.18 Å². The summed E-state index contributed by atoms with van der Waals surface area (Å²) >= 11 is 0. The third-order valence-electron chi connectivity index (χ3n) is 1.42. The van der Waals surface area contributed by atoms with Crippen molar-refractivity contribution in [1.29, 1.82) is 0 Å². The van der Waals surface area contributed by atoms with Crippen molar-refractivity contribution in [1.82, 2.24) is 0 Å². The highest BCUT2D eigenvalue weighted by Gasteiger charge is 2.42. The number of hydrogen-bond acceptors (Lipinski definition) is 1. The van der Waals surface area contributed by atoms with Gasteiger partial charge in [0.15, 0.2) is 0 Å². The molecule has 0 fully saturated rings. The topological polar surface area (TPSA) is 26.0 Å². The predicted octanol–water partition coefficient (Wildman–Crippen LogP) is 2.29. The smallest absolute Gasteiger partial charge is 0.397 e. The summed E-state index contributed by atoms with van der Waals surface area (Å²) in [6.45, 7) is 6.04. The van der Waals surface area contributed by atoms with E-state index < -0.39 is 18.0 Å². The molecule has 0 aromatic rings. The van der Waals surface area contributed by atoms with Crippen LogP contribution in [0.5, 0.6) is 0 Å². The Bertz CT molecular complexity index is 148. The highest BCUT2D eigenvalue weighted by Crippen LogP contribution is 2.34. The zero-order chi connectivity index (χ0) is 9.23. The first-order valence-electron chi connectivity index (χ1n) is 3.27. The van der Waals surface area contributed by atoms with Gasteiger partial charge in [-0.25, -0.2) is 0 Å². The van der Waals surface area contributed by atoms with Gasteiger partial charge in [-0.1, -0.05) is 20.4 Å². The molecule has 11 heavy (non-hydrogen) atoms. The SMILES string of the molecule is C=C(N)C(C(C)C)C(F)(F)F. The molecule has 0 aromatic heterocycles. The van der Waals surface area contributed by atoms with E-state index in [4.69, 9.17) is 5.73 Å². The van der Waals surface area contributed by atoms with Gasteiger partial charge in [-0.05, 0) is 5.92 Å². The van der Waals surface area contributed by atoms with Crippen LogP contribution in [0.2, 0.25) is 0 Å². The van der Waals surface area contributed by atoms with Gasteiger partial charge in [-0.2, -0.15) is 13.2 Å². The fourth-order valence-corrected chi connectivity index (χ4v) is 1.02. The van der Waals surface area contributed by atoms with E-state index in [1.807, 2.05) is 0 Å². The van der Waals surface area contributed by atoms with Crippen LogP contribution < -0.4 is 5.73 Å². The maximum atomic E-state index is 12.1. The molecule has 0 aromatic carbocycles. The van der Waals surface area contributed by atoms with E-state index in [2.05, 4.69) is 6.58 Å². The summed E-state index contributed by atoms with van der Waals surface area (Å²) in [5.74, 6) is -2.13. The lowest BCUT2D eigenvalue weighted by Crippen LogP contribution is -2.32. The Kier molecular flexibility index (Phi) is 2.96. The van der Waals surface area contributed by atoms with Crippen LogP contribution >= 0.6 is 0 Å². The van der Waals surface area contributed by atoms with Gasteiger partial charge in [-0.3, -0.25) is 0 Å². The number of rotatable bonds is 2. The summed E-state index contributed by atoms with van der Waals surface area (Å²) in [6.07, 6.45) is -4.26. The van der Waals surface area contributed by atoms with E-state index in [-0.39, 0.29) is 5.70 Å². The van der Waals surface area contributed by atoms with Crippen LogP contribution in [-0.2, 0) is 0 Å². The Morgan fingerprint density at radius 1 is 1.36 bits per heavy atom. The second kappa shape index (κ2) is 3.15. The molecule has 2 N–H and O–H groups in total. The molecule has 1 atom stereocenters. The second-order valence-corrected chi connectivity index (χ2v) is 2.84. The van der Waals surface area contributed by atoms with Crippen LogP contribution in [-0.4, -0.2) is 6.18 Å². The molecule has 4 heteroatoms. The first kappa shape index (κ1) is 10.3.